The first-order chi connectivity index (χ1) is 9.51. The van der Waals surface area contributed by atoms with E-state index >= 15 is 0 Å². The predicted molar refractivity (Wildman–Crippen MR) is 81.4 cm³/mol. The van der Waals surface area contributed by atoms with Crippen LogP contribution in [-0.2, 0) is 14.3 Å². The Kier molecular flexibility index (Phi) is 10.1. The maximum absolute atomic E-state index is 12.5. The molecule has 4 heteroatoms. The van der Waals surface area contributed by atoms with Gasteiger partial charge in [0, 0.05) is 19.0 Å². The van der Waals surface area contributed by atoms with E-state index in [-0.39, 0.29) is 23.7 Å². The van der Waals surface area contributed by atoms with Crippen molar-refractivity contribution in [3.8, 4) is 0 Å². The molecule has 0 saturated heterocycles. The molecule has 0 rings (SSSR count). The average Bonchev–Trinajstić information content (AvgIpc) is 2.46. The Morgan fingerprint density at radius 3 is 2.15 bits per heavy atom. The van der Waals surface area contributed by atoms with Crippen molar-refractivity contribution in [3.63, 3.8) is 0 Å². The molecule has 0 aliphatic heterocycles. The fourth-order valence-corrected chi connectivity index (χ4v) is 2.35. The summed E-state index contributed by atoms with van der Waals surface area (Å²) in [6.45, 7) is 9.25. The first kappa shape index (κ1) is 18.9. The number of nitrogens with zero attached hydrogens (tertiary/aromatic N) is 1. The minimum atomic E-state index is -0.264. The van der Waals surface area contributed by atoms with E-state index in [1.165, 1.54) is 7.11 Å². The Morgan fingerprint density at radius 2 is 1.70 bits per heavy atom. The van der Waals surface area contributed by atoms with Crippen molar-refractivity contribution < 1.29 is 14.3 Å². The second-order valence-electron chi connectivity index (χ2n) is 5.43. The standard InChI is InChI=1S/C16H31NO3/c1-6-9-10-11-17(12-13(4)16(19)20-5)15(18)14(7-2)8-3/h13-14H,6-12H2,1-5H3. The summed E-state index contributed by atoms with van der Waals surface area (Å²) in [5.74, 6) is -0.258. The summed E-state index contributed by atoms with van der Waals surface area (Å²) in [6.07, 6.45) is 4.94. The van der Waals surface area contributed by atoms with Crippen LogP contribution in [0.15, 0.2) is 0 Å². The van der Waals surface area contributed by atoms with Crippen LogP contribution in [0, 0.1) is 11.8 Å². The van der Waals surface area contributed by atoms with Crippen molar-refractivity contribution in [1.29, 1.82) is 0 Å². The van der Waals surface area contributed by atoms with Crippen LogP contribution in [0.2, 0.25) is 0 Å². The highest BCUT2D eigenvalue weighted by Crippen LogP contribution is 2.15. The number of unbranched alkanes of at least 4 members (excludes halogenated alkanes) is 2. The van der Waals surface area contributed by atoms with Crippen LogP contribution < -0.4 is 0 Å². The Morgan fingerprint density at radius 1 is 1.10 bits per heavy atom. The monoisotopic (exact) mass is 285 g/mol. The molecular formula is C16H31NO3. The molecule has 1 atom stereocenters. The molecular weight excluding hydrogens is 254 g/mol. The number of amides is 1. The van der Waals surface area contributed by atoms with Crippen LogP contribution in [0.5, 0.6) is 0 Å². The van der Waals surface area contributed by atoms with Crippen LogP contribution in [0.4, 0.5) is 0 Å². The van der Waals surface area contributed by atoms with Gasteiger partial charge in [0.25, 0.3) is 0 Å². The van der Waals surface area contributed by atoms with E-state index in [1.54, 1.807) is 0 Å². The van der Waals surface area contributed by atoms with Gasteiger partial charge in [0.1, 0.15) is 0 Å². The largest absolute Gasteiger partial charge is 0.469 e. The maximum Gasteiger partial charge on any atom is 0.310 e. The summed E-state index contributed by atoms with van der Waals surface area (Å²) >= 11 is 0. The zero-order valence-corrected chi connectivity index (χ0v) is 13.8. The lowest BCUT2D eigenvalue weighted by Gasteiger charge is -2.28. The summed E-state index contributed by atoms with van der Waals surface area (Å²) in [5.41, 5.74) is 0. The number of ether oxygens (including phenoxy) is 1. The molecule has 1 amide bonds. The van der Waals surface area contributed by atoms with E-state index < -0.39 is 0 Å². The molecule has 0 aliphatic carbocycles. The number of methoxy groups -OCH3 is 1. The van der Waals surface area contributed by atoms with E-state index in [2.05, 4.69) is 6.92 Å². The van der Waals surface area contributed by atoms with Gasteiger partial charge in [0.05, 0.1) is 13.0 Å². The summed E-state index contributed by atoms with van der Waals surface area (Å²) < 4.78 is 4.75. The van der Waals surface area contributed by atoms with Gasteiger partial charge in [0.2, 0.25) is 5.91 Å². The van der Waals surface area contributed by atoms with Gasteiger partial charge >= 0.3 is 5.97 Å². The predicted octanol–water partition coefficient (Wildman–Crippen LogP) is 3.25. The van der Waals surface area contributed by atoms with E-state index in [0.717, 1.165) is 38.6 Å². The molecule has 0 aromatic carbocycles. The van der Waals surface area contributed by atoms with Gasteiger partial charge in [-0.05, 0) is 19.3 Å². The fourth-order valence-electron chi connectivity index (χ4n) is 2.35. The van der Waals surface area contributed by atoms with Gasteiger partial charge in [-0.3, -0.25) is 9.59 Å². The van der Waals surface area contributed by atoms with Crippen molar-refractivity contribution in [2.75, 3.05) is 20.2 Å². The van der Waals surface area contributed by atoms with E-state index in [9.17, 15) is 9.59 Å². The molecule has 118 valence electrons. The second kappa shape index (κ2) is 10.7. The lowest BCUT2D eigenvalue weighted by atomic mass is 10.0. The lowest BCUT2D eigenvalue weighted by molar-refractivity contribution is -0.147. The lowest BCUT2D eigenvalue weighted by Crippen LogP contribution is -2.41. The van der Waals surface area contributed by atoms with Gasteiger partial charge < -0.3 is 9.64 Å². The number of rotatable bonds is 10. The Hall–Kier alpha value is -1.06. The molecule has 0 N–H and O–H groups in total. The van der Waals surface area contributed by atoms with Gasteiger partial charge in [0.15, 0.2) is 0 Å². The Bertz CT molecular complexity index is 287. The van der Waals surface area contributed by atoms with Gasteiger partial charge in [-0.2, -0.15) is 0 Å². The zero-order valence-electron chi connectivity index (χ0n) is 13.8. The normalized spacial score (nSPS) is 12.3. The third kappa shape index (κ3) is 6.40. The summed E-state index contributed by atoms with van der Waals surface area (Å²) in [5, 5.41) is 0. The third-order valence-corrected chi connectivity index (χ3v) is 3.78. The molecule has 0 heterocycles. The van der Waals surface area contributed by atoms with Crippen LogP contribution >= 0.6 is 0 Å². The van der Waals surface area contributed by atoms with Crippen LogP contribution in [0.25, 0.3) is 0 Å². The summed E-state index contributed by atoms with van der Waals surface area (Å²) in [4.78, 5) is 25.9. The molecule has 0 spiro atoms. The van der Waals surface area contributed by atoms with Crippen LogP contribution in [0.1, 0.15) is 59.8 Å². The highest BCUT2D eigenvalue weighted by molar-refractivity contribution is 5.80. The van der Waals surface area contributed by atoms with Gasteiger partial charge in [-0.1, -0.05) is 40.5 Å². The minimum Gasteiger partial charge on any atom is -0.469 e. The molecule has 4 nitrogen and oxygen atoms in total. The fraction of sp³-hybridized carbons (Fsp3) is 0.875. The SMILES string of the molecule is CCCCCN(CC(C)C(=O)OC)C(=O)C(CC)CC. The minimum absolute atomic E-state index is 0.0708. The smallest absolute Gasteiger partial charge is 0.310 e. The summed E-state index contributed by atoms with van der Waals surface area (Å²) in [6, 6.07) is 0. The number of esters is 1. The molecule has 0 fully saturated rings. The number of carbonyl (C=O) groups is 2. The molecule has 0 radical (unpaired) electrons. The van der Waals surface area contributed by atoms with Crippen molar-refractivity contribution >= 4 is 11.9 Å². The van der Waals surface area contributed by atoms with E-state index in [1.807, 2.05) is 25.7 Å². The van der Waals surface area contributed by atoms with Crippen LogP contribution in [0.3, 0.4) is 0 Å². The van der Waals surface area contributed by atoms with Gasteiger partial charge in [-0.15, -0.1) is 0 Å². The van der Waals surface area contributed by atoms with Crippen molar-refractivity contribution in [2.24, 2.45) is 11.8 Å². The van der Waals surface area contributed by atoms with Crippen molar-refractivity contribution in [3.05, 3.63) is 0 Å². The number of hydrogen-bond donors (Lipinski definition) is 0. The number of hydrogen-bond acceptors (Lipinski definition) is 3. The van der Waals surface area contributed by atoms with Gasteiger partial charge in [-0.25, -0.2) is 0 Å². The first-order valence-electron chi connectivity index (χ1n) is 7.88. The zero-order chi connectivity index (χ0) is 15.5. The molecule has 0 bridgehead atoms. The molecule has 0 saturated carbocycles. The molecule has 0 aromatic rings. The topological polar surface area (TPSA) is 46.6 Å². The molecule has 20 heavy (non-hydrogen) atoms. The van der Waals surface area contributed by atoms with Crippen molar-refractivity contribution in [2.45, 2.75) is 59.8 Å². The van der Waals surface area contributed by atoms with E-state index in [4.69, 9.17) is 4.74 Å². The quantitative estimate of drug-likeness (QED) is 0.457. The average molecular weight is 285 g/mol. The van der Waals surface area contributed by atoms with Crippen LogP contribution in [-0.4, -0.2) is 37.0 Å². The summed E-state index contributed by atoms with van der Waals surface area (Å²) in [7, 11) is 1.39. The Balaban J connectivity index is 4.70. The maximum atomic E-state index is 12.5. The molecule has 1 unspecified atom stereocenters. The van der Waals surface area contributed by atoms with E-state index in [0.29, 0.717) is 6.54 Å². The van der Waals surface area contributed by atoms with Crippen molar-refractivity contribution in [1.82, 2.24) is 4.90 Å². The second-order valence-corrected chi connectivity index (χ2v) is 5.43. The molecule has 0 aliphatic rings. The molecule has 0 aromatic heterocycles. The highest BCUT2D eigenvalue weighted by Gasteiger charge is 2.25. The third-order valence-electron chi connectivity index (χ3n) is 3.78. The Labute approximate surface area is 123 Å². The number of carbonyl (C=O) groups excluding carboxylic acids is 2. The first-order valence-corrected chi connectivity index (χ1v) is 7.88. The highest BCUT2D eigenvalue weighted by atomic mass is 16.5.